The highest BCUT2D eigenvalue weighted by molar-refractivity contribution is 5.25. The normalized spacial score (nSPS) is 22.0. The predicted molar refractivity (Wildman–Crippen MR) is 95.0 cm³/mol. The molecule has 22 heavy (non-hydrogen) atoms. The van der Waals surface area contributed by atoms with Gasteiger partial charge in [0.15, 0.2) is 0 Å². The Balaban J connectivity index is 1.76. The maximum Gasteiger partial charge on any atom is 0.0717 e. The summed E-state index contributed by atoms with van der Waals surface area (Å²) in [6, 6.07) is 9.09. The Morgan fingerprint density at radius 1 is 1.14 bits per heavy atom. The first-order valence-electron chi connectivity index (χ1n) is 8.72. The van der Waals surface area contributed by atoms with Crippen molar-refractivity contribution in [3.8, 4) is 0 Å². The molecular weight excluding hydrogens is 268 g/mol. The molecule has 0 bridgehead atoms. The molecule has 1 aliphatic rings. The van der Waals surface area contributed by atoms with Crippen LogP contribution in [-0.2, 0) is 11.3 Å². The summed E-state index contributed by atoms with van der Waals surface area (Å²) in [5, 5.41) is 0. The standard InChI is InChI=1S/C21H30O/c1-3-5-6-16-22-17-19-10-14-21(15-11-19)20-12-8-18(7-4-2)9-13-20/h3-5,10-11,14-15,18,20H,2,6-9,12-13,16-17H2,1H3/b5-3+. The highest BCUT2D eigenvalue weighted by Crippen LogP contribution is 2.37. The number of allylic oxidation sites excluding steroid dienone is 2. The van der Waals surface area contributed by atoms with E-state index in [9.17, 15) is 0 Å². The van der Waals surface area contributed by atoms with E-state index in [2.05, 4.69) is 49.1 Å². The lowest BCUT2D eigenvalue weighted by molar-refractivity contribution is 0.125. The van der Waals surface area contributed by atoms with Gasteiger partial charge in [-0.05, 0) is 68.4 Å². The molecule has 0 aromatic heterocycles. The molecule has 0 atom stereocenters. The molecule has 0 radical (unpaired) electrons. The van der Waals surface area contributed by atoms with Crippen molar-refractivity contribution >= 4 is 0 Å². The van der Waals surface area contributed by atoms with Crippen molar-refractivity contribution in [1.29, 1.82) is 0 Å². The Kier molecular flexibility index (Phi) is 7.45. The van der Waals surface area contributed by atoms with Crippen LogP contribution in [0.2, 0.25) is 0 Å². The Bertz CT molecular complexity index is 449. The van der Waals surface area contributed by atoms with E-state index in [0.29, 0.717) is 0 Å². The van der Waals surface area contributed by atoms with Crippen LogP contribution in [0.4, 0.5) is 0 Å². The fourth-order valence-corrected chi connectivity index (χ4v) is 3.36. The third kappa shape index (κ3) is 5.46. The van der Waals surface area contributed by atoms with Crippen LogP contribution in [0.25, 0.3) is 0 Å². The molecule has 0 saturated heterocycles. The summed E-state index contributed by atoms with van der Waals surface area (Å²) >= 11 is 0. The zero-order chi connectivity index (χ0) is 15.6. The molecule has 2 rings (SSSR count). The van der Waals surface area contributed by atoms with Gasteiger partial charge in [0, 0.05) is 0 Å². The molecule has 1 fully saturated rings. The second-order valence-electron chi connectivity index (χ2n) is 6.39. The third-order valence-corrected chi connectivity index (χ3v) is 4.73. The van der Waals surface area contributed by atoms with Gasteiger partial charge in [-0.25, -0.2) is 0 Å². The number of ether oxygens (including phenoxy) is 1. The van der Waals surface area contributed by atoms with Crippen LogP contribution in [0.1, 0.15) is 62.5 Å². The predicted octanol–water partition coefficient (Wildman–Crippen LogP) is 6.02. The lowest BCUT2D eigenvalue weighted by Gasteiger charge is -2.28. The quantitative estimate of drug-likeness (QED) is 0.421. The average Bonchev–Trinajstić information content (AvgIpc) is 2.56. The minimum absolute atomic E-state index is 0.726. The van der Waals surface area contributed by atoms with Gasteiger partial charge >= 0.3 is 0 Å². The van der Waals surface area contributed by atoms with Crippen molar-refractivity contribution in [1.82, 2.24) is 0 Å². The van der Waals surface area contributed by atoms with E-state index in [1.165, 1.54) is 43.2 Å². The van der Waals surface area contributed by atoms with Gasteiger partial charge in [0.1, 0.15) is 0 Å². The fraction of sp³-hybridized carbons (Fsp3) is 0.524. The van der Waals surface area contributed by atoms with Gasteiger partial charge in [-0.15, -0.1) is 6.58 Å². The summed E-state index contributed by atoms with van der Waals surface area (Å²) in [5.41, 5.74) is 2.79. The smallest absolute Gasteiger partial charge is 0.0717 e. The Labute approximate surface area is 136 Å². The van der Waals surface area contributed by atoms with Gasteiger partial charge in [0.05, 0.1) is 13.2 Å². The van der Waals surface area contributed by atoms with E-state index >= 15 is 0 Å². The maximum absolute atomic E-state index is 5.69. The van der Waals surface area contributed by atoms with E-state index in [0.717, 1.165) is 31.5 Å². The fourth-order valence-electron chi connectivity index (χ4n) is 3.36. The van der Waals surface area contributed by atoms with Crippen LogP contribution < -0.4 is 0 Å². The van der Waals surface area contributed by atoms with Gasteiger partial charge in [-0.1, -0.05) is 42.5 Å². The second kappa shape index (κ2) is 9.63. The average molecular weight is 298 g/mol. The van der Waals surface area contributed by atoms with Crippen molar-refractivity contribution in [2.45, 2.75) is 58.0 Å². The van der Waals surface area contributed by atoms with Crippen LogP contribution in [0, 0.1) is 5.92 Å². The van der Waals surface area contributed by atoms with Gasteiger partial charge in [0.2, 0.25) is 0 Å². The van der Waals surface area contributed by atoms with Crippen LogP contribution in [-0.4, -0.2) is 6.61 Å². The van der Waals surface area contributed by atoms with Crippen LogP contribution in [0.15, 0.2) is 49.1 Å². The SMILES string of the molecule is C=CCC1CCC(c2ccc(COCC/C=C/C)cc2)CC1. The molecule has 0 heterocycles. The summed E-state index contributed by atoms with van der Waals surface area (Å²) < 4.78 is 5.69. The molecule has 1 aliphatic carbocycles. The molecule has 0 N–H and O–H groups in total. The molecule has 1 saturated carbocycles. The number of benzene rings is 1. The van der Waals surface area contributed by atoms with E-state index in [1.54, 1.807) is 0 Å². The largest absolute Gasteiger partial charge is 0.376 e. The van der Waals surface area contributed by atoms with Crippen molar-refractivity contribution < 1.29 is 4.74 Å². The minimum Gasteiger partial charge on any atom is -0.376 e. The summed E-state index contributed by atoms with van der Waals surface area (Å²) in [7, 11) is 0. The molecule has 120 valence electrons. The third-order valence-electron chi connectivity index (χ3n) is 4.73. The zero-order valence-corrected chi connectivity index (χ0v) is 14.0. The topological polar surface area (TPSA) is 9.23 Å². The highest BCUT2D eigenvalue weighted by atomic mass is 16.5. The number of rotatable bonds is 8. The van der Waals surface area contributed by atoms with E-state index < -0.39 is 0 Å². The summed E-state index contributed by atoms with van der Waals surface area (Å²) in [5.74, 6) is 1.63. The van der Waals surface area contributed by atoms with Gasteiger partial charge in [-0.3, -0.25) is 0 Å². The summed E-state index contributed by atoms with van der Waals surface area (Å²) in [6.45, 7) is 7.44. The molecule has 0 aliphatic heterocycles. The van der Waals surface area contributed by atoms with Gasteiger partial charge < -0.3 is 4.74 Å². The van der Waals surface area contributed by atoms with Crippen LogP contribution in [0.3, 0.4) is 0 Å². The van der Waals surface area contributed by atoms with Crippen molar-refractivity contribution in [2.24, 2.45) is 5.92 Å². The monoisotopic (exact) mass is 298 g/mol. The number of hydrogen-bond donors (Lipinski definition) is 0. The van der Waals surface area contributed by atoms with E-state index in [4.69, 9.17) is 4.74 Å². The van der Waals surface area contributed by atoms with Crippen molar-refractivity contribution in [3.63, 3.8) is 0 Å². The lowest BCUT2D eigenvalue weighted by atomic mass is 9.77. The first-order valence-corrected chi connectivity index (χ1v) is 8.72. The molecular formula is C21H30O. The minimum atomic E-state index is 0.726. The molecule has 0 spiro atoms. The van der Waals surface area contributed by atoms with E-state index in [1.807, 2.05) is 6.92 Å². The molecule has 1 aromatic carbocycles. The first kappa shape index (κ1) is 17.0. The lowest BCUT2D eigenvalue weighted by Crippen LogP contribution is -2.12. The molecule has 0 unspecified atom stereocenters. The molecule has 1 aromatic rings. The maximum atomic E-state index is 5.69. The Hall–Kier alpha value is -1.34. The first-order chi connectivity index (χ1) is 10.8. The van der Waals surface area contributed by atoms with Gasteiger partial charge in [0.25, 0.3) is 0 Å². The van der Waals surface area contributed by atoms with Crippen LogP contribution in [0.5, 0.6) is 0 Å². The molecule has 1 nitrogen and oxygen atoms in total. The van der Waals surface area contributed by atoms with Crippen molar-refractivity contribution in [3.05, 3.63) is 60.2 Å². The van der Waals surface area contributed by atoms with E-state index in [-0.39, 0.29) is 0 Å². The zero-order valence-electron chi connectivity index (χ0n) is 14.0. The molecule has 0 amide bonds. The second-order valence-corrected chi connectivity index (χ2v) is 6.39. The van der Waals surface area contributed by atoms with Gasteiger partial charge in [-0.2, -0.15) is 0 Å². The Morgan fingerprint density at radius 3 is 2.50 bits per heavy atom. The van der Waals surface area contributed by atoms with Crippen LogP contribution >= 0.6 is 0 Å². The van der Waals surface area contributed by atoms with Crippen molar-refractivity contribution in [2.75, 3.05) is 6.61 Å². The Morgan fingerprint density at radius 2 is 1.86 bits per heavy atom. The summed E-state index contributed by atoms with van der Waals surface area (Å²) in [4.78, 5) is 0. The highest BCUT2D eigenvalue weighted by Gasteiger charge is 2.21. The number of hydrogen-bond acceptors (Lipinski definition) is 1. The summed E-state index contributed by atoms with van der Waals surface area (Å²) in [6.07, 6.45) is 13.9. The molecule has 1 heteroatoms.